The Morgan fingerprint density at radius 1 is 1.76 bits per heavy atom. The number of aryl methyl sites for hydroxylation is 1. The number of alkyl halides is 2. The van der Waals surface area contributed by atoms with E-state index in [1.807, 2.05) is 0 Å². The number of nitrogens with one attached hydrogen (secondary N) is 2. The Labute approximate surface area is 97.2 Å². The predicted molar refractivity (Wildman–Crippen MR) is 56.7 cm³/mol. The maximum absolute atomic E-state index is 12.0. The Balaban J connectivity index is 2.09. The van der Waals surface area contributed by atoms with E-state index in [1.165, 1.54) is 0 Å². The van der Waals surface area contributed by atoms with Gasteiger partial charge in [0.25, 0.3) is 6.43 Å². The number of hydrogen-bond donors (Lipinski definition) is 2. The van der Waals surface area contributed by atoms with Gasteiger partial charge in [-0.05, 0) is 0 Å². The van der Waals surface area contributed by atoms with Crippen LogP contribution in [0.15, 0.2) is 6.20 Å². The Kier molecular flexibility index (Phi) is 3.37. The number of fused-ring (bicyclic) bond motifs is 1. The molecule has 0 aromatic carbocycles. The van der Waals surface area contributed by atoms with E-state index in [-0.39, 0.29) is 0 Å². The van der Waals surface area contributed by atoms with Crippen molar-refractivity contribution in [2.75, 3.05) is 13.1 Å². The van der Waals surface area contributed by atoms with Crippen molar-refractivity contribution in [1.82, 2.24) is 20.4 Å². The predicted octanol–water partition coefficient (Wildman–Crippen LogP) is -0.0118. The van der Waals surface area contributed by atoms with Gasteiger partial charge in [0.15, 0.2) is 0 Å². The van der Waals surface area contributed by atoms with Crippen LogP contribution in [-0.2, 0) is 18.3 Å². The van der Waals surface area contributed by atoms with Gasteiger partial charge in [0.05, 0.1) is 12.2 Å². The normalized spacial score (nSPS) is 19.2. The third-order valence-electron chi connectivity index (χ3n) is 2.65. The fourth-order valence-electron chi connectivity index (χ4n) is 1.95. The van der Waals surface area contributed by atoms with E-state index in [0.717, 1.165) is 17.7 Å². The Morgan fingerprint density at radius 2 is 2.53 bits per heavy atom. The van der Waals surface area contributed by atoms with Crippen LogP contribution in [0.4, 0.5) is 8.78 Å². The lowest BCUT2D eigenvalue weighted by atomic mass is 10.0. The molecule has 0 bridgehead atoms. The lowest BCUT2D eigenvalue weighted by molar-refractivity contribution is -0.124. The third kappa shape index (κ3) is 2.60. The second-order valence-electron chi connectivity index (χ2n) is 3.98. The van der Waals surface area contributed by atoms with Crippen LogP contribution in [-0.4, -0.2) is 35.2 Å². The largest absolute Gasteiger partial charge is 0.349 e. The van der Waals surface area contributed by atoms with E-state index < -0.39 is 24.9 Å². The summed E-state index contributed by atoms with van der Waals surface area (Å²) in [5, 5.41) is 9.44. The summed E-state index contributed by atoms with van der Waals surface area (Å²) in [4.78, 5) is 11.7. The van der Waals surface area contributed by atoms with Crippen LogP contribution in [0.3, 0.4) is 0 Å². The standard InChI is InChI=1S/C10H14F2N4O/c1-16-5-6-7(15-16)2-3-13-9(6)10(17)14-4-8(11)12/h5,8-9,13H,2-4H2,1H3,(H,14,17). The smallest absolute Gasteiger partial charge is 0.255 e. The molecule has 1 unspecified atom stereocenters. The van der Waals surface area contributed by atoms with Crippen molar-refractivity contribution < 1.29 is 13.6 Å². The highest BCUT2D eigenvalue weighted by molar-refractivity contribution is 5.83. The van der Waals surface area contributed by atoms with Crippen molar-refractivity contribution in [2.45, 2.75) is 18.9 Å². The molecule has 1 aliphatic rings. The molecule has 17 heavy (non-hydrogen) atoms. The van der Waals surface area contributed by atoms with Gasteiger partial charge in [0.1, 0.15) is 6.04 Å². The fourth-order valence-corrected chi connectivity index (χ4v) is 1.95. The van der Waals surface area contributed by atoms with Gasteiger partial charge in [0.2, 0.25) is 5.91 Å². The molecule has 2 heterocycles. The average molecular weight is 244 g/mol. The van der Waals surface area contributed by atoms with Crippen LogP contribution >= 0.6 is 0 Å². The zero-order chi connectivity index (χ0) is 12.4. The highest BCUT2D eigenvalue weighted by Gasteiger charge is 2.28. The second-order valence-corrected chi connectivity index (χ2v) is 3.98. The van der Waals surface area contributed by atoms with Crippen LogP contribution in [0, 0.1) is 0 Å². The summed E-state index contributed by atoms with van der Waals surface area (Å²) in [5.41, 5.74) is 1.62. The molecular weight excluding hydrogens is 230 g/mol. The molecule has 2 rings (SSSR count). The summed E-state index contributed by atoms with van der Waals surface area (Å²) in [6.45, 7) is 0.00336. The molecule has 7 heteroatoms. The van der Waals surface area contributed by atoms with Crippen molar-refractivity contribution in [3.63, 3.8) is 0 Å². The number of carbonyl (C=O) groups excluding carboxylic acids is 1. The van der Waals surface area contributed by atoms with Gasteiger partial charge in [-0.15, -0.1) is 0 Å². The van der Waals surface area contributed by atoms with Gasteiger partial charge in [-0.1, -0.05) is 0 Å². The first kappa shape index (κ1) is 12.0. The first-order valence-corrected chi connectivity index (χ1v) is 5.39. The molecule has 1 atom stereocenters. The van der Waals surface area contributed by atoms with E-state index >= 15 is 0 Å². The number of hydrogen-bond acceptors (Lipinski definition) is 3. The molecule has 0 fully saturated rings. The number of aromatic nitrogens is 2. The summed E-state index contributed by atoms with van der Waals surface area (Å²) in [6.07, 6.45) is -0.0426. The number of halogens is 2. The van der Waals surface area contributed by atoms with Crippen LogP contribution in [0.5, 0.6) is 0 Å². The number of amides is 1. The molecule has 0 aliphatic carbocycles. The third-order valence-corrected chi connectivity index (χ3v) is 2.65. The number of carbonyl (C=O) groups is 1. The van der Waals surface area contributed by atoms with Crippen LogP contribution < -0.4 is 10.6 Å². The zero-order valence-corrected chi connectivity index (χ0v) is 9.41. The molecular formula is C10H14F2N4O. The van der Waals surface area contributed by atoms with Crippen LogP contribution in [0.25, 0.3) is 0 Å². The van der Waals surface area contributed by atoms with E-state index in [2.05, 4.69) is 15.7 Å². The van der Waals surface area contributed by atoms with Crippen molar-refractivity contribution in [3.8, 4) is 0 Å². The van der Waals surface area contributed by atoms with Gasteiger partial charge < -0.3 is 10.6 Å². The molecule has 0 saturated heterocycles. The molecule has 1 amide bonds. The van der Waals surface area contributed by atoms with Gasteiger partial charge >= 0.3 is 0 Å². The van der Waals surface area contributed by atoms with Crippen molar-refractivity contribution in [1.29, 1.82) is 0 Å². The van der Waals surface area contributed by atoms with Crippen molar-refractivity contribution in [2.24, 2.45) is 7.05 Å². The molecule has 0 radical (unpaired) electrons. The molecule has 0 saturated carbocycles. The van der Waals surface area contributed by atoms with Gasteiger partial charge in [0, 0.05) is 31.8 Å². The monoisotopic (exact) mass is 244 g/mol. The topological polar surface area (TPSA) is 59.0 Å². The molecule has 1 aromatic heterocycles. The van der Waals surface area contributed by atoms with Gasteiger partial charge in [-0.3, -0.25) is 9.48 Å². The summed E-state index contributed by atoms with van der Waals surface area (Å²) >= 11 is 0. The average Bonchev–Trinajstić information content (AvgIpc) is 2.65. The quantitative estimate of drug-likeness (QED) is 0.786. The van der Waals surface area contributed by atoms with Crippen LogP contribution in [0.2, 0.25) is 0 Å². The van der Waals surface area contributed by atoms with Gasteiger partial charge in [-0.2, -0.15) is 5.10 Å². The number of nitrogens with zero attached hydrogens (tertiary/aromatic N) is 2. The summed E-state index contributed by atoms with van der Waals surface area (Å²) in [7, 11) is 1.77. The highest BCUT2D eigenvalue weighted by Crippen LogP contribution is 2.21. The minimum absolute atomic E-state index is 0.431. The van der Waals surface area contributed by atoms with Crippen molar-refractivity contribution in [3.05, 3.63) is 17.5 Å². The first-order valence-electron chi connectivity index (χ1n) is 5.39. The first-order chi connectivity index (χ1) is 8.08. The van der Waals surface area contributed by atoms with E-state index in [1.54, 1.807) is 17.9 Å². The second kappa shape index (κ2) is 4.79. The molecule has 0 spiro atoms. The fraction of sp³-hybridized carbons (Fsp3) is 0.600. The minimum atomic E-state index is -2.53. The minimum Gasteiger partial charge on any atom is -0.349 e. The Bertz CT molecular complexity index is 418. The lowest BCUT2D eigenvalue weighted by Gasteiger charge is -2.22. The molecule has 1 aromatic rings. The highest BCUT2D eigenvalue weighted by atomic mass is 19.3. The Hall–Kier alpha value is -1.50. The SMILES string of the molecule is Cn1cc2c(n1)CCNC2C(=O)NCC(F)F. The lowest BCUT2D eigenvalue weighted by Crippen LogP contribution is -2.42. The molecule has 1 aliphatic heterocycles. The zero-order valence-electron chi connectivity index (χ0n) is 9.41. The van der Waals surface area contributed by atoms with E-state index in [9.17, 15) is 13.6 Å². The van der Waals surface area contributed by atoms with Crippen LogP contribution in [0.1, 0.15) is 17.3 Å². The molecule has 5 nitrogen and oxygen atoms in total. The summed E-state index contributed by atoms with van der Waals surface area (Å²) in [5.74, 6) is -0.431. The maximum Gasteiger partial charge on any atom is 0.255 e. The summed E-state index contributed by atoms with van der Waals surface area (Å²) in [6, 6.07) is -0.578. The van der Waals surface area contributed by atoms with E-state index in [0.29, 0.717) is 6.54 Å². The summed E-state index contributed by atoms with van der Waals surface area (Å²) < 4.78 is 25.7. The Morgan fingerprint density at radius 3 is 3.24 bits per heavy atom. The number of rotatable bonds is 3. The van der Waals surface area contributed by atoms with Gasteiger partial charge in [-0.25, -0.2) is 8.78 Å². The molecule has 2 N–H and O–H groups in total. The molecule has 94 valence electrons. The van der Waals surface area contributed by atoms with E-state index in [4.69, 9.17) is 0 Å². The van der Waals surface area contributed by atoms with Crippen molar-refractivity contribution >= 4 is 5.91 Å². The maximum atomic E-state index is 12.0.